The van der Waals surface area contributed by atoms with E-state index in [2.05, 4.69) is 9.98 Å². The van der Waals surface area contributed by atoms with Crippen molar-refractivity contribution in [1.29, 1.82) is 0 Å². The lowest BCUT2D eigenvalue weighted by molar-refractivity contribution is -0.158. The number of sulfonamides is 1. The first kappa shape index (κ1) is 21.0. The molecule has 9 nitrogen and oxygen atoms in total. The van der Waals surface area contributed by atoms with E-state index in [-0.39, 0.29) is 23.2 Å². The molecule has 10 heteroatoms. The van der Waals surface area contributed by atoms with Gasteiger partial charge in [-0.05, 0) is 57.2 Å². The highest BCUT2D eigenvalue weighted by Crippen LogP contribution is 2.31. The van der Waals surface area contributed by atoms with Gasteiger partial charge in [-0.15, -0.1) is 0 Å². The van der Waals surface area contributed by atoms with E-state index in [1.165, 1.54) is 22.6 Å². The third-order valence-corrected chi connectivity index (χ3v) is 6.34. The number of ether oxygens (including phenoxy) is 1. The molecular weight excluding hydrogens is 394 g/mol. The minimum atomic E-state index is -3.93. The van der Waals surface area contributed by atoms with Crippen molar-refractivity contribution in [3.63, 3.8) is 0 Å². The molecule has 1 aliphatic rings. The van der Waals surface area contributed by atoms with E-state index in [0.717, 1.165) is 5.39 Å². The number of rotatable bonds is 4. The quantitative estimate of drug-likeness (QED) is 0.436. The van der Waals surface area contributed by atoms with Gasteiger partial charge in [0, 0.05) is 18.1 Å². The SMILES string of the molecule is CC(C)(C)OC(=O)[C@H]1CCCN1S(=O)(=O)c1ccc2ccnc(N=C(N)N)c2c1. The molecule has 0 radical (unpaired) electrons. The number of nitrogens with two attached hydrogens (primary N) is 2. The second-order valence-electron chi connectivity index (χ2n) is 7.86. The molecule has 2 heterocycles. The van der Waals surface area contributed by atoms with Crippen molar-refractivity contribution >= 4 is 38.5 Å². The minimum absolute atomic E-state index is 0.0421. The van der Waals surface area contributed by atoms with E-state index < -0.39 is 27.6 Å². The molecule has 0 unspecified atom stereocenters. The Kier molecular flexibility index (Phi) is 5.50. The number of guanidine groups is 1. The molecule has 0 spiro atoms. The molecule has 1 aromatic heterocycles. The molecule has 2 aromatic rings. The van der Waals surface area contributed by atoms with Crippen molar-refractivity contribution in [2.24, 2.45) is 16.5 Å². The van der Waals surface area contributed by atoms with Gasteiger partial charge in [-0.25, -0.2) is 13.4 Å². The number of carbonyl (C=O) groups is 1. The number of aromatic nitrogens is 1. The van der Waals surface area contributed by atoms with Crippen LogP contribution in [-0.4, -0.2) is 47.8 Å². The number of nitrogens with zero attached hydrogens (tertiary/aromatic N) is 3. The summed E-state index contributed by atoms with van der Waals surface area (Å²) in [4.78, 5) is 20.7. The molecule has 3 rings (SSSR count). The normalized spacial score (nSPS) is 18.0. The summed E-state index contributed by atoms with van der Waals surface area (Å²) in [5, 5.41) is 1.24. The number of hydrogen-bond acceptors (Lipinski definition) is 6. The summed E-state index contributed by atoms with van der Waals surface area (Å²) in [6.07, 6.45) is 2.54. The predicted octanol–water partition coefficient (Wildman–Crippen LogP) is 1.63. The van der Waals surface area contributed by atoms with Gasteiger partial charge in [-0.1, -0.05) is 6.07 Å². The number of fused-ring (bicyclic) bond motifs is 1. The summed E-state index contributed by atoms with van der Waals surface area (Å²) in [7, 11) is -3.93. The Morgan fingerprint density at radius 3 is 2.66 bits per heavy atom. The van der Waals surface area contributed by atoms with Gasteiger partial charge in [0.25, 0.3) is 0 Å². The number of pyridine rings is 1. The van der Waals surface area contributed by atoms with Gasteiger partial charge in [0.15, 0.2) is 11.8 Å². The predicted molar refractivity (Wildman–Crippen MR) is 110 cm³/mol. The van der Waals surface area contributed by atoms with Crippen LogP contribution >= 0.6 is 0 Å². The van der Waals surface area contributed by atoms with Crippen LogP contribution in [0.2, 0.25) is 0 Å². The van der Waals surface area contributed by atoms with Crippen LogP contribution in [-0.2, 0) is 19.6 Å². The third kappa shape index (κ3) is 4.48. The van der Waals surface area contributed by atoms with Crippen LogP contribution in [0.5, 0.6) is 0 Å². The summed E-state index contributed by atoms with van der Waals surface area (Å²) in [6, 6.07) is 5.53. The maximum Gasteiger partial charge on any atom is 0.324 e. The zero-order valence-electron chi connectivity index (χ0n) is 16.6. The number of carbonyl (C=O) groups excluding carboxylic acids is 1. The largest absolute Gasteiger partial charge is 0.459 e. The van der Waals surface area contributed by atoms with Gasteiger partial charge in [0.1, 0.15) is 11.6 Å². The highest BCUT2D eigenvalue weighted by molar-refractivity contribution is 7.89. The van der Waals surface area contributed by atoms with Crippen LogP contribution in [0, 0.1) is 0 Å². The smallest absolute Gasteiger partial charge is 0.324 e. The topological polar surface area (TPSA) is 141 Å². The first-order valence-electron chi connectivity index (χ1n) is 9.22. The Balaban J connectivity index is 2.01. The molecule has 156 valence electrons. The lowest BCUT2D eigenvalue weighted by Crippen LogP contribution is -2.43. The van der Waals surface area contributed by atoms with E-state index in [1.807, 2.05) is 0 Å². The average Bonchev–Trinajstić information content (AvgIpc) is 3.10. The van der Waals surface area contributed by atoms with Gasteiger partial charge in [0.2, 0.25) is 10.0 Å². The number of esters is 1. The van der Waals surface area contributed by atoms with Gasteiger partial charge in [-0.3, -0.25) is 4.79 Å². The van der Waals surface area contributed by atoms with E-state index in [1.54, 1.807) is 32.9 Å². The molecule has 1 aromatic carbocycles. The third-order valence-electron chi connectivity index (χ3n) is 4.44. The molecule has 0 aliphatic carbocycles. The fraction of sp³-hybridized carbons (Fsp3) is 0.421. The first-order valence-corrected chi connectivity index (χ1v) is 10.7. The van der Waals surface area contributed by atoms with Gasteiger partial charge < -0.3 is 16.2 Å². The number of aliphatic imine (C=N–C) groups is 1. The van der Waals surface area contributed by atoms with Crippen LogP contribution in [0.3, 0.4) is 0 Å². The Morgan fingerprint density at radius 2 is 2.00 bits per heavy atom. The maximum atomic E-state index is 13.3. The second kappa shape index (κ2) is 7.60. The van der Waals surface area contributed by atoms with E-state index in [9.17, 15) is 13.2 Å². The van der Waals surface area contributed by atoms with Crippen molar-refractivity contribution in [3.8, 4) is 0 Å². The first-order chi connectivity index (χ1) is 13.5. The van der Waals surface area contributed by atoms with Crippen LogP contribution in [0.4, 0.5) is 5.82 Å². The van der Waals surface area contributed by atoms with Crippen LogP contribution in [0.15, 0.2) is 40.4 Å². The van der Waals surface area contributed by atoms with E-state index >= 15 is 0 Å². The monoisotopic (exact) mass is 419 g/mol. The molecule has 1 aliphatic heterocycles. The van der Waals surface area contributed by atoms with Crippen LogP contribution in [0.25, 0.3) is 10.8 Å². The van der Waals surface area contributed by atoms with E-state index in [0.29, 0.717) is 18.2 Å². The van der Waals surface area contributed by atoms with Crippen molar-refractivity contribution < 1.29 is 17.9 Å². The van der Waals surface area contributed by atoms with Gasteiger partial charge >= 0.3 is 5.97 Å². The van der Waals surface area contributed by atoms with Crippen molar-refractivity contribution in [1.82, 2.24) is 9.29 Å². The highest BCUT2D eigenvalue weighted by atomic mass is 32.2. The maximum absolute atomic E-state index is 13.3. The summed E-state index contributed by atoms with van der Waals surface area (Å²) >= 11 is 0. The zero-order valence-corrected chi connectivity index (χ0v) is 17.4. The van der Waals surface area contributed by atoms with Crippen molar-refractivity contribution in [2.75, 3.05) is 6.54 Å². The van der Waals surface area contributed by atoms with Crippen LogP contribution in [0.1, 0.15) is 33.6 Å². The Hall–Kier alpha value is -2.72. The fourth-order valence-corrected chi connectivity index (χ4v) is 4.95. The Morgan fingerprint density at radius 1 is 1.28 bits per heavy atom. The van der Waals surface area contributed by atoms with Crippen molar-refractivity contribution in [3.05, 3.63) is 30.5 Å². The molecule has 1 fully saturated rings. The Labute approximate surface area is 169 Å². The average molecular weight is 420 g/mol. The fourth-order valence-electron chi connectivity index (χ4n) is 3.27. The second-order valence-corrected chi connectivity index (χ2v) is 9.75. The number of benzene rings is 1. The molecule has 0 amide bonds. The minimum Gasteiger partial charge on any atom is -0.459 e. The number of hydrogen-bond donors (Lipinski definition) is 2. The molecule has 1 atom stereocenters. The van der Waals surface area contributed by atoms with Gasteiger partial charge in [-0.2, -0.15) is 9.30 Å². The van der Waals surface area contributed by atoms with Gasteiger partial charge in [0.05, 0.1) is 4.90 Å². The highest BCUT2D eigenvalue weighted by Gasteiger charge is 2.41. The Bertz CT molecular complexity index is 1070. The van der Waals surface area contributed by atoms with E-state index in [4.69, 9.17) is 16.2 Å². The summed E-state index contributed by atoms with van der Waals surface area (Å²) in [6.45, 7) is 5.50. The lowest BCUT2D eigenvalue weighted by Gasteiger charge is -2.27. The van der Waals surface area contributed by atoms with Crippen molar-refractivity contribution in [2.45, 2.75) is 50.2 Å². The molecular formula is C19H25N5O4S. The molecule has 0 saturated carbocycles. The summed E-state index contributed by atoms with van der Waals surface area (Å²) in [5.74, 6) is -0.491. The molecule has 4 N–H and O–H groups in total. The molecule has 1 saturated heterocycles. The van der Waals surface area contributed by atoms with Crippen LogP contribution < -0.4 is 11.5 Å². The standard InChI is InChI=1S/C19H25N5O4S/c1-19(2,3)28-17(25)15-5-4-10-24(15)29(26,27)13-7-6-12-8-9-22-16(14(12)11-13)23-18(20)21/h6-9,11,15H,4-5,10H2,1-3H3,(H4,20,21,22,23)/t15-/m1/s1. The summed E-state index contributed by atoms with van der Waals surface area (Å²) in [5.41, 5.74) is 10.2. The molecule has 29 heavy (non-hydrogen) atoms. The summed E-state index contributed by atoms with van der Waals surface area (Å²) < 4.78 is 33.2. The molecule has 0 bridgehead atoms. The lowest BCUT2D eigenvalue weighted by atomic mass is 10.1. The zero-order chi connectivity index (χ0) is 21.4.